The van der Waals surface area contributed by atoms with Crippen LogP contribution in [0.15, 0.2) is 53.2 Å². The van der Waals surface area contributed by atoms with E-state index in [0.717, 1.165) is 16.5 Å². The molecule has 3 aromatic rings. The maximum absolute atomic E-state index is 12.2. The van der Waals surface area contributed by atoms with Crippen LogP contribution in [0.1, 0.15) is 28.1 Å². The molecule has 0 unspecified atom stereocenters. The highest BCUT2D eigenvalue weighted by Gasteiger charge is 2.17. The maximum atomic E-state index is 12.2. The number of fused-ring (bicyclic) bond motifs is 1. The van der Waals surface area contributed by atoms with Crippen molar-refractivity contribution >= 4 is 22.8 Å². The van der Waals surface area contributed by atoms with E-state index in [0.29, 0.717) is 12.0 Å². The van der Waals surface area contributed by atoms with E-state index in [9.17, 15) is 9.59 Å². The lowest BCUT2D eigenvalue weighted by atomic mass is 10.1. The van der Waals surface area contributed by atoms with Crippen molar-refractivity contribution in [3.8, 4) is 0 Å². The van der Waals surface area contributed by atoms with Gasteiger partial charge >= 0.3 is 5.91 Å². The van der Waals surface area contributed by atoms with E-state index in [1.807, 2.05) is 37.3 Å². The molecule has 2 heterocycles. The Morgan fingerprint density at radius 2 is 1.96 bits per heavy atom. The molecule has 6 heteroatoms. The number of hydrogen-bond acceptors (Lipinski definition) is 4. The van der Waals surface area contributed by atoms with Crippen LogP contribution in [0.4, 0.5) is 0 Å². The van der Waals surface area contributed by atoms with Crippen LogP contribution in [-0.2, 0) is 11.2 Å². The van der Waals surface area contributed by atoms with Crippen molar-refractivity contribution < 1.29 is 14.0 Å². The predicted molar refractivity (Wildman–Crippen MR) is 89.1 cm³/mol. The molecule has 122 valence electrons. The second-order valence-corrected chi connectivity index (χ2v) is 5.42. The van der Waals surface area contributed by atoms with E-state index < -0.39 is 5.91 Å². The topological polar surface area (TPSA) is 84.2 Å². The van der Waals surface area contributed by atoms with E-state index in [-0.39, 0.29) is 18.1 Å². The van der Waals surface area contributed by atoms with Gasteiger partial charge < -0.3 is 4.42 Å². The molecule has 0 atom stereocenters. The minimum Gasteiger partial charge on any atom is -0.451 e. The van der Waals surface area contributed by atoms with Gasteiger partial charge in [0.1, 0.15) is 5.58 Å². The van der Waals surface area contributed by atoms with Crippen LogP contribution in [0.25, 0.3) is 11.0 Å². The van der Waals surface area contributed by atoms with Crippen molar-refractivity contribution in [2.75, 3.05) is 0 Å². The fourth-order valence-corrected chi connectivity index (χ4v) is 2.44. The molecule has 0 radical (unpaired) electrons. The molecule has 0 spiro atoms. The van der Waals surface area contributed by atoms with Gasteiger partial charge in [-0.15, -0.1) is 0 Å². The van der Waals surface area contributed by atoms with Crippen LogP contribution in [0, 0.1) is 6.92 Å². The number of para-hydroxylation sites is 1. The summed E-state index contributed by atoms with van der Waals surface area (Å²) in [5.41, 5.74) is 7.14. The first-order valence-corrected chi connectivity index (χ1v) is 7.61. The largest absolute Gasteiger partial charge is 0.451 e. The Labute approximate surface area is 138 Å². The smallest absolute Gasteiger partial charge is 0.305 e. The molecule has 1 aromatic carbocycles. The molecule has 0 fully saturated rings. The molecule has 3 rings (SSSR count). The van der Waals surface area contributed by atoms with Crippen LogP contribution >= 0.6 is 0 Å². The van der Waals surface area contributed by atoms with E-state index >= 15 is 0 Å². The molecular weight excluding hydrogens is 306 g/mol. The quantitative estimate of drug-likeness (QED) is 0.723. The number of benzene rings is 1. The monoisotopic (exact) mass is 323 g/mol. The number of furan rings is 1. The van der Waals surface area contributed by atoms with Crippen molar-refractivity contribution in [3.05, 3.63) is 65.7 Å². The summed E-state index contributed by atoms with van der Waals surface area (Å²) < 4.78 is 5.55. The summed E-state index contributed by atoms with van der Waals surface area (Å²) in [4.78, 5) is 28.0. The van der Waals surface area contributed by atoms with E-state index in [1.54, 1.807) is 18.5 Å². The first-order valence-electron chi connectivity index (χ1n) is 7.61. The van der Waals surface area contributed by atoms with Gasteiger partial charge in [0.2, 0.25) is 5.91 Å². The Kier molecular flexibility index (Phi) is 4.56. The van der Waals surface area contributed by atoms with Gasteiger partial charge in [0, 0.05) is 29.8 Å². The molecule has 0 saturated heterocycles. The minimum atomic E-state index is -0.474. The highest BCUT2D eigenvalue weighted by molar-refractivity contribution is 5.99. The molecule has 0 aliphatic rings. The van der Waals surface area contributed by atoms with Crippen LogP contribution in [0.2, 0.25) is 0 Å². The SMILES string of the molecule is Cc1c(C(=O)NNC(=O)CCc2cccnc2)oc2ccccc12. The summed E-state index contributed by atoms with van der Waals surface area (Å²) >= 11 is 0. The lowest BCUT2D eigenvalue weighted by molar-refractivity contribution is -0.121. The number of pyridine rings is 1. The van der Waals surface area contributed by atoms with E-state index in [2.05, 4.69) is 15.8 Å². The summed E-state index contributed by atoms with van der Waals surface area (Å²) in [7, 11) is 0. The fourth-order valence-electron chi connectivity index (χ4n) is 2.44. The van der Waals surface area contributed by atoms with Gasteiger partial charge in [0.25, 0.3) is 0 Å². The number of carbonyl (C=O) groups excluding carboxylic acids is 2. The summed E-state index contributed by atoms with van der Waals surface area (Å²) in [6, 6.07) is 11.1. The summed E-state index contributed by atoms with van der Waals surface area (Å²) in [5.74, 6) is -0.553. The third kappa shape index (κ3) is 3.43. The molecule has 24 heavy (non-hydrogen) atoms. The summed E-state index contributed by atoms with van der Waals surface area (Å²) in [6.45, 7) is 1.81. The first kappa shape index (κ1) is 15.7. The number of amides is 2. The molecular formula is C18H17N3O3. The fraction of sp³-hybridized carbons (Fsp3) is 0.167. The second kappa shape index (κ2) is 6.95. The van der Waals surface area contributed by atoms with E-state index in [4.69, 9.17) is 4.42 Å². The van der Waals surface area contributed by atoms with Crippen LogP contribution < -0.4 is 10.9 Å². The third-order valence-corrected chi connectivity index (χ3v) is 3.73. The Morgan fingerprint density at radius 1 is 1.12 bits per heavy atom. The third-order valence-electron chi connectivity index (χ3n) is 3.73. The van der Waals surface area contributed by atoms with Gasteiger partial charge in [-0.3, -0.25) is 25.4 Å². The zero-order chi connectivity index (χ0) is 16.9. The Bertz CT molecular complexity index is 872. The van der Waals surface area contributed by atoms with Crippen molar-refractivity contribution in [2.45, 2.75) is 19.8 Å². The molecule has 2 N–H and O–H groups in total. The molecule has 6 nitrogen and oxygen atoms in total. The molecule has 2 amide bonds. The standard InChI is InChI=1S/C18H17N3O3/c1-12-14-6-2-3-7-15(14)24-17(12)18(23)21-20-16(22)9-8-13-5-4-10-19-11-13/h2-7,10-11H,8-9H2,1H3,(H,20,22)(H,21,23). The van der Waals surface area contributed by atoms with Crippen LogP contribution in [0.5, 0.6) is 0 Å². The van der Waals surface area contributed by atoms with Crippen molar-refractivity contribution in [1.29, 1.82) is 0 Å². The normalized spacial score (nSPS) is 10.5. The highest BCUT2D eigenvalue weighted by Crippen LogP contribution is 2.24. The minimum absolute atomic E-state index is 0.198. The van der Waals surface area contributed by atoms with Crippen LogP contribution in [-0.4, -0.2) is 16.8 Å². The number of aryl methyl sites for hydroxylation is 2. The Balaban J connectivity index is 1.56. The number of nitrogens with zero attached hydrogens (tertiary/aromatic N) is 1. The van der Waals surface area contributed by atoms with Gasteiger partial charge in [-0.05, 0) is 31.0 Å². The van der Waals surface area contributed by atoms with Crippen molar-refractivity contribution in [2.24, 2.45) is 0 Å². The zero-order valence-corrected chi connectivity index (χ0v) is 13.2. The van der Waals surface area contributed by atoms with Crippen molar-refractivity contribution in [1.82, 2.24) is 15.8 Å². The maximum Gasteiger partial charge on any atom is 0.305 e. The highest BCUT2D eigenvalue weighted by atomic mass is 16.3. The molecule has 0 aliphatic heterocycles. The van der Waals surface area contributed by atoms with Gasteiger partial charge in [0.15, 0.2) is 5.76 Å². The van der Waals surface area contributed by atoms with Gasteiger partial charge in [-0.25, -0.2) is 0 Å². The molecule has 0 bridgehead atoms. The number of aromatic nitrogens is 1. The summed E-state index contributed by atoms with van der Waals surface area (Å²) in [5, 5.41) is 0.880. The second-order valence-electron chi connectivity index (χ2n) is 5.42. The number of hydrazine groups is 1. The van der Waals surface area contributed by atoms with Gasteiger partial charge in [-0.2, -0.15) is 0 Å². The number of rotatable bonds is 4. The number of carbonyl (C=O) groups is 2. The van der Waals surface area contributed by atoms with Gasteiger partial charge in [-0.1, -0.05) is 24.3 Å². The lowest BCUT2D eigenvalue weighted by Gasteiger charge is -2.06. The first-order chi connectivity index (χ1) is 11.6. The zero-order valence-electron chi connectivity index (χ0n) is 13.2. The van der Waals surface area contributed by atoms with E-state index in [1.165, 1.54) is 0 Å². The predicted octanol–water partition coefficient (Wildman–Crippen LogP) is 2.53. The van der Waals surface area contributed by atoms with Crippen molar-refractivity contribution in [3.63, 3.8) is 0 Å². The Hall–Kier alpha value is -3.15. The Morgan fingerprint density at radius 3 is 2.71 bits per heavy atom. The number of nitrogens with one attached hydrogen (secondary N) is 2. The van der Waals surface area contributed by atoms with Crippen LogP contribution in [0.3, 0.4) is 0 Å². The average molecular weight is 323 g/mol. The average Bonchev–Trinajstić information content (AvgIpc) is 2.96. The number of hydrogen-bond donors (Lipinski definition) is 2. The summed E-state index contributed by atoms with van der Waals surface area (Å²) in [6.07, 6.45) is 4.20. The van der Waals surface area contributed by atoms with Gasteiger partial charge in [0.05, 0.1) is 0 Å². The molecule has 0 saturated carbocycles. The lowest BCUT2D eigenvalue weighted by Crippen LogP contribution is -2.41. The molecule has 0 aliphatic carbocycles. The molecule has 2 aromatic heterocycles.